The number of hydrogen-bond acceptors (Lipinski definition) is 5. The van der Waals surface area contributed by atoms with Gasteiger partial charge in [-0.15, -0.1) is 5.43 Å². The molecule has 2 aromatic rings. The third kappa shape index (κ3) is 4.32. The van der Waals surface area contributed by atoms with E-state index < -0.39 is 30.0 Å². The molecule has 0 saturated carbocycles. The molecule has 0 radical (unpaired) electrons. The fourth-order valence-corrected chi connectivity index (χ4v) is 2.72. The van der Waals surface area contributed by atoms with E-state index in [4.69, 9.17) is 9.11 Å². The van der Waals surface area contributed by atoms with E-state index in [0.29, 0.717) is 0 Å². The number of benzene rings is 2. The van der Waals surface area contributed by atoms with E-state index in [9.17, 15) is 21.7 Å². The number of anilines is 1. The zero-order chi connectivity index (χ0) is 17.3. The zero-order valence-corrected chi connectivity index (χ0v) is 13.0. The molecule has 0 unspecified atom stereocenters. The molecule has 0 atom stereocenters. The molecule has 0 spiro atoms. The second kappa shape index (κ2) is 6.04. The normalized spacial score (nSPS) is 11.9. The van der Waals surface area contributed by atoms with Crippen molar-refractivity contribution in [3.8, 4) is 0 Å². The summed E-state index contributed by atoms with van der Waals surface area (Å²) >= 11 is 0. The number of nitroso groups, excluding NO2 is 1. The highest BCUT2D eigenvalue weighted by molar-refractivity contribution is 7.86. The van der Waals surface area contributed by atoms with Gasteiger partial charge in [0.05, 0.1) is 9.80 Å². The summed E-state index contributed by atoms with van der Waals surface area (Å²) < 4.78 is 62.1. The second-order valence-corrected chi connectivity index (χ2v) is 7.22. The standard InChI is InChI=1S/C12H10N2O7S2/c15-14(10-4-2-6-12(8-10)23(19,20)21)13-9-3-1-5-11(7-9)22(16,17)18/h1-8H,(H2-,13,15,16,17,18,19,20,21)/p+1. The van der Waals surface area contributed by atoms with Crippen LogP contribution in [0.15, 0.2) is 58.3 Å². The molecule has 9 nitrogen and oxygen atoms in total. The van der Waals surface area contributed by atoms with Gasteiger partial charge in [0.1, 0.15) is 10.6 Å². The van der Waals surface area contributed by atoms with Crippen molar-refractivity contribution in [1.82, 2.24) is 0 Å². The second-order valence-electron chi connectivity index (χ2n) is 4.38. The van der Waals surface area contributed by atoms with E-state index in [1.54, 1.807) is 0 Å². The van der Waals surface area contributed by atoms with Gasteiger partial charge in [-0.1, -0.05) is 12.1 Å². The van der Waals surface area contributed by atoms with Crippen LogP contribution < -0.4 is 5.43 Å². The molecule has 0 heterocycles. The Labute approximate surface area is 131 Å². The summed E-state index contributed by atoms with van der Waals surface area (Å²) in [7, 11) is -8.89. The van der Waals surface area contributed by atoms with E-state index in [2.05, 4.69) is 5.43 Å². The minimum atomic E-state index is -4.46. The monoisotopic (exact) mass is 359 g/mol. The first kappa shape index (κ1) is 17.0. The third-order valence-electron chi connectivity index (χ3n) is 2.71. The van der Waals surface area contributed by atoms with E-state index in [1.165, 1.54) is 24.3 Å². The summed E-state index contributed by atoms with van der Waals surface area (Å²) in [5.74, 6) is 0. The van der Waals surface area contributed by atoms with Crippen LogP contribution in [-0.2, 0) is 20.2 Å². The summed E-state index contributed by atoms with van der Waals surface area (Å²) in [5, 5.41) is 0. The third-order valence-corrected chi connectivity index (χ3v) is 4.41. The number of hydrazine groups is 1. The van der Waals surface area contributed by atoms with Gasteiger partial charge in [-0.05, 0) is 24.3 Å². The maximum Gasteiger partial charge on any atom is 0.294 e. The molecular formula is C12H11N2O7S2+. The minimum Gasteiger partial charge on any atom is -0.282 e. The lowest BCUT2D eigenvalue weighted by Crippen LogP contribution is -2.11. The first-order chi connectivity index (χ1) is 10.6. The van der Waals surface area contributed by atoms with Crippen molar-refractivity contribution in [2.75, 3.05) is 5.43 Å². The van der Waals surface area contributed by atoms with Gasteiger partial charge < -0.3 is 0 Å². The van der Waals surface area contributed by atoms with Crippen LogP contribution in [0.2, 0.25) is 0 Å². The van der Waals surface area contributed by atoms with Gasteiger partial charge in [0.2, 0.25) is 0 Å². The number of hydrogen-bond donors (Lipinski definition) is 3. The first-order valence-corrected chi connectivity index (χ1v) is 8.84. The smallest absolute Gasteiger partial charge is 0.282 e. The van der Waals surface area contributed by atoms with E-state index in [1.807, 2.05) is 0 Å². The van der Waals surface area contributed by atoms with Gasteiger partial charge in [0.25, 0.3) is 25.9 Å². The van der Waals surface area contributed by atoms with Crippen LogP contribution in [0.3, 0.4) is 0 Å². The van der Waals surface area contributed by atoms with Gasteiger partial charge in [-0.3, -0.25) is 9.11 Å². The average Bonchev–Trinajstić information content (AvgIpc) is 2.46. The van der Waals surface area contributed by atoms with Crippen molar-refractivity contribution >= 4 is 31.6 Å². The minimum absolute atomic E-state index is 0.0485. The lowest BCUT2D eigenvalue weighted by atomic mass is 10.3. The van der Waals surface area contributed by atoms with E-state index in [-0.39, 0.29) is 16.2 Å². The molecule has 23 heavy (non-hydrogen) atoms. The number of nitrogens with one attached hydrogen (secondary N) is 1. The Hall–Kier alpha value is -2.34. The molecule has 0 aromatic heterocycles. The van der Waals surface area contributed by atoms with E-state index in [0.717, 1.165) is 24.3 Å². The lowest BCUT2D eigenvalue weighted by molar-refractivity contribution is -0.428. The molecule has 2 rings (SSSR count). The predicted molar refractivity (Wildman–Crippen MR) is 79.4 cm³/mol. The summed E-state index contributed by atoms with van der Waals surface area (Å²) in [6.07, 6.45) is 0. The molecule has 0 aliphatic heterocycles. The van der Waals surface area contributed by atoms with Crippen molar-refractivity contribution in [1.29, 1.82) is 0 Å². The lowest BCUT2D eigenvalue weighted by Gasteiger charge is -2.01. The molecule has 2 aromatic carbocycles. The van der Waals surface area contributed by atoms with Crippen LogP contribution in [0.1, 0.15) is 0 Å². The Balaban J connectivity index is 2.30. The molecule has 0 saturated heterocycles. The molecule has 0 bridgehead atoms. The van der Waals surface area contributed by atoms with Crippen molar-refractivity contribution in [3.63, 3.8) is 0 Å². The molecule has 0 amide bonds. The molecule has 3 N–H and O–H groups in total. The fraction of sp³-hybridized carbons (Fsp3) is 0. The zero-order valence-electron chi connectivity index (χ0n) is 11.3. The van der Waals surface area contributed by atoms with Crippen LogP contribution in [0.4, 0.5) is 11.4 Å². The van der Waals surface area contributed by atoms with Crippen molar-refractivity contribution in [2.45, 2.75) is 9.79 Å². The van der Waals surface area contributed by atoms with Crippen LogP contribution in [0, 0.1) is 4.91 Å². The van der Waals surface area contributed by atoms with Crippen LogP contribution in [0.5, 0.6) is 0 Å². The van der Waals surface area contributed by atoms with Crippen molar-refractivity contribution in [3.05, 3.63) is 53.4 Å². The highest BCUT2D eigenvalue weighted by Crippen LogP contribution is 2.20. The highest BCUT2D eigenvalue weighted by Gasteiger charge is 2.20. The largest absolute Gasteiger partial charge is 0.294 e. The number of nitrogens with zero attached hydrogens (tertiary/aromatic N) is 1. The fourth-order valence-electron chi connectivity index (χ4n) is 1.68. The molecular weight excluding hydrogens is 348 g/mol. The Morgan fingerprint density at radius 2 is 1.35 bits per heavy atom. The summed E-state index contributed by atoms with van der Waals surface area (Å²) in [6.45, 7) is 0. The van der Waals surface area contributed by atoms with Crippen molar-refractivity contribution < 1.29 is 30.8 Å². The maximum atomic E-state index is 12.0. The average molecular weight is 359 g/mol. The van der Waals surface area contributed by atoms with Crippen LogP contribution >= 0.6 is 0 Å². The summed E-state index contributed by atoms with van der Waals surface area (Å²) in [5.41, 5.74) is 2.18. The molecule has 11 heteroatoms. The Morgan fingerprint density at radius 3 is 1.91 bits per heavy atom. The van der Waals surface area contributed by atoms with Gasteiger partial charge in [0, 0.05) is 12.1 Å². The SMILES string of the molecule is O=[N+](Nc1cccc(S(=O)(=O)O)c1)c1cccc(S(=O)(=O)O)c1. The number of rotatable bonds is 5. The Morgan fingerprint density at radius 1 is 0.826 bits per heavy atom. The first-order valence-electron chi connectivity index (χ1n) is 5.96. The maximum absolute atomic E-state index is 12.0. The molecule has 122 valence electrons. The van der Waals surface area contributed by atoms with Gasteiger partial charge >= 0.3 is 0 Å². The van der Waals surface area contributed by atoms with Gasteiger partial charge in [0.15, 0.2) is 4.87 Å². The molecule has 0 fully saturated rings. The molecule has 0 aliphatic rings. The van der Waals surface area contributed by atoms with E-state index >= 15 is 0 Å². The Kier molecular flexibility index (Phi) is 4.47. The van der Waals surface area contributed by atoms with Crippen LogP contribution in [-0.4, -0.2) is 30.8 Å². The Bertz CT molecular complexity index is 968. The summed E-state index contributed by atoms with van der Waals surface area (Å²) in [4.78, 5) is 11.3. The van der Waals surface area contributed by atoms with Crippen LogP contribution in [0.25, 0.3) is 0 Å². The highest BCUT2D eigenvalue weighted by atomic mass is 32.2. The van der Waals surface area contributed by atoms with Crippen molar-refractivity contribution in [2.24, 2.45) is 0 Å². The van der Waals surface area contributed by atoms with Gasteiger partial charge in [-0.2, -0.15) is 16.8 Å². The topological polar surface area (TPSA) is 141 Å². The quantitative estimate of drug-likeness (QED) is 0.415. The summed E-state index contributed by atoms with van der Waals surface area (Å²) in [6, 6.07) is 9.39. The predicted octanol–water partition coefficient (Wildman–Crippen LogP) is 1.62. The molecule has 0 aliphatic carbocycles. The van der Waals surface area contributed by atoms with Gasteiger partial charge in [-0.25, -0.2) is 0 Å².